The van der Waals surface area contributed by atoms with Crippen molar-refractivity contribution in [3.63, 3.8) is 0 Å². The lowest BCUT2D eigenvalue weighted by atomic mass is 10.0. The molecule has 2 N–H and O–H groups in total. The third-order valence-electron chi connectivity index (χ3n) is 4.57. The first-order valence-electron chi connectivity index (χ1n) is 8.43. The van der Waals surface area contributed by atoms with E-state index in [2.05, 4.69) is 6.58 Å². The summed E-state index contributed by atoms with van der Waals surface area (Å²) in [7, 11) is 0. The molecule has 0 saturated heterocycles. The van der Waals surface area contributed by atoms with E-state index in [0.29, 0.717) is 13.0 Å². The summed E-state index contributed by atoms with van der Waals surface area (Å²) in [5.74, 6) is -2.37. The van der Waals surface area contributed by atoms with Crippen molar-refractivity contribution in [3.8, 4) is 0 Å². The van der Waals surface area contributed by atoms with E-state index in [1.54, 1.807) is 13.8 Å². The third-order valence-corrected chi connectivity index (χ3v) is 4.57. The summed E-state index contributed by atoms with van der Waals surface area (Å²) in [6, 6.07) is -1.97. The van der Waals surface area contributed by atoms with Gasteiger partial charge in [-0.05, 0) is 25.7 Å². The molecule has 3 unspecified atom stereocenters. The highest BCUT2D eigenvalue weighted by Gasteiger charge is 2.46. The lowest BCUT2D eigenvalue weighted by molar-refractivity contribution is -0.976. The highest BCUT2D eigenvalue weighted by atomic mass is 16.4. The van der Waals surface area contributed by atoms with Gasteiger partial charge >= 0.3 is 5.97 Å². The molecule has 0 aromatic heterocycles. The number of aliphatic hydroxyl groups is 1. The Labute approximate surface area is 139 Å². The van der Waals surface area contributed by atoms with Gasteiger partial charge in [-0.2, -0.15) is 0 Å². The van der Waals surface area contributed by atoms with Gasteiger partial charge in [0.25, 0.3) is 0 Å². The molecule has 0 aliphatic rings. The average molecular weight is 329 g/mol. The van der Waals surface area contributed by atoms with Crippen LogP contribution in [0.25, 0.3) is 0 Å². The topological polar surface area (TPSA) is 97.7 Å². The fourth-order valence-corrected chi connectivity index (χ4v) is 3.34. The minimum Gasteiger partial charge on any atom is -0.544 e. The van der Waals surface area contributed by atoms with Gasteiger partial charge in [-0.25, -0.2) is 4.79 Å². The van der Waals surface area contributed by atoms with Gasteiger partial charge in [0.1, 0.15) is 6.04 Å². The smallest absolute Gasteiger partial charge is 0.362 e. The molecule has 0 aromatic rings. The van der Waals surface area contributed by atoms with Crippen molar-refractivity contribution in [1.82, 2.24) is 0 Å². The first-order chi connectivity index (χ1) is 10.9. The maximum atomic E-state index is 11.6. The van der Waals surface area contributed by atoms with E-state index < -0.39 is 30.8 Å². The number of quaternary nitrogens is 1. The number of unbranched alkanes of at least 4 members (excludes halogenated alkanes) is 4. The number of rotatable bonds is 14. The van der Waals surface area contributed by atoms with Gasteiger partial charge in [-0.1, -0.05) is 26.3 Å². The van der Waals surface area contributed by atoms with Crippen LogP contribution in [0.5, 0.6) is 0 Å². The molecule has 0 amide bonds. The van der Waals surface area contributed by atoms with E-state index in [-0.39, 0.29) is 17.3 Å². The SMILES string of the molecule is C=CCCCCCC[N+](CO)(C(CC)C(=O)[O-])C(CC)C(=O)O. The zero-order chi connectivity index (χ0) is 17.9. The molecule has 6 heteroatoms. The van der Waals surface area contributed by atoms with Gasteiger partial charge in [0.05, 0.1) is 12.5 Å². The van der Waals surface area contributed by atoms with Crippen LogP contribution in [-0.4, -0.2) is 52.0 Å². The number of carbonyl (C=O) groups excluding carboxylic acids is 1. The van der Waals surface area contributed by atoms with Crippen molar-refractivity contribution in [2.75, 3.05) is 13.3 Å². The van der Waals surface area contributed by atoms with Crippen LogP contribution in [0.15, 0.2) is 12.7 Å². The Hall–Kier alpha value is -1.40. The number of aliphatic hydroxyl groups excluding tert-OH is 1. The molecule has 134 valence electrons. The molecule has 0 aromatic carbocycles. The van der Waals surface area contributed by atoms with Gasteiger partial charge in [-0.3, -0.25) is 4.48 Å². The standard InChI is InChI=1S/C17H31NO5/c1-4-7-8-9-10-11-12-18(13-19,14(5-2)16(20)21)15(6-3)17(22)23/h4,14-15,19H,1,5-13H2,2-3H3,(H-,20,21,22,23). The van der Waals surface area contributed by atoms with Gasteiger partial charge in [0, 0.05) is 12.8 Å². The molecule has 0 saturated carbocycles. The molecule has 0 rings (SSSR count). The third kappa shape index (κ3) is 5.95. The predicted molar refractivity (Wildman–Crippen MR) is 86.3 cm³/mol. The minimum atomic E-state index is -1.30. The van der Waals surface area contributed by atoms with Crippen LogP contribution in [0.4, 0.5) is 0 Å². The van der Waals surface area contributed by atoms with Crippen LogP contribution in [0.3, 0.4) is 0 Å². The zero-order valence-corrected chi connectivity index (χ0v) is 14.4. The van der Waals surface area contributed by atoms with E-state index in [1.807, 2.05) is 6.08 Å². The number of nitrogens with zero attached hydrogens (tertiary/aromatic N) is 1. The molecule has 3 atom stereocenters. The lowest BCUT2D eigenvalue weighted by Gasteiger charge is -2.47. The highest BCUT2D eigenvalue weighted by molar-refractivity contribution is 5.74. The maximum Gasteiger partial charge on any atom is 0.362 e. The Morgan fingerprint density at radius 1 is 1.13 bits per heavy atom. The monoisotopic (exact) mass is 329 g/mol. The number of carboxylic acid groups (broad SMARTS) is 2. The van der Waals surface area contributed by atoms with E-state index in [4.69, 9.17) is 0 Å². The molecule has 0 aliphatic heterocycles. The van der Waals surface area contributed by atoms with Crippen LogP contribution in [0.2, 0.25) is 0 Å². The number of carboxylic acids is 2. The Kier molecular flexibility index (Phi) is 10.5. The molecule has 0 radical (unpaired) electrons. The van der Waals surface area contributed by atoms with Crippen LogP contribution in [0, 0.1) is 0 Å². The largest absolute Gasteiger partial charge is 0.544 e. The van der Waals surface area contributed by atoms with E-state index in [0.717, 1.165) is 25.7 Å². The van der Waals surface area contributed by atoms with Crippen LogP contribution in [-0.2, 0) is 9.59 Å². The first kappa shape index (κ1) is 21.6. The summed E-state index contributed by atoms with van der Waals surface area (Å²) in [4.78, 5) is 23.1. The summed E-state index contributed by atoms with van der Waals surface area (Å²) < 4.78 is -0.355. The Morgan fingerprint density at radius 2 is 1.70 bits per heavy atom. The van der Waals surface area contributed by atoms with Crippen molar-refractivity contribution in [1.29, 1.82) is 0 Å². The number of allylic oxidation sites excluding steroid dienone is 1. The molecule has 23 heavy (non-hydrogen) atoms. The fraction of sp³-hybridized carbons (Fsp3) is 0.765. The Balaban J connectivity index is 5.21. The van der Waals surface area contributed by atoms with Crippen LogP contribution < -0.4 is 5.11 Å². The molecule has 0 bridgehead atoms. The minimum absolute atomic E-state index is 0.225. The van der Waals surface area contributed by atoms with Crippen molar-refractivity contribution in [3.05, 3.63) is 12.7 Å². The molecule has 0 aliphatic carbocycles. The van der Waals surface area contributed by atoms with E-state index in [1.165, 1.54) is 0 Å². The second kappa shape index (κ2) is 11.2. The average Bonchev–Trinajstić information content (AvgIpc) is 2.50. The van der Waals surface area contributed by atoms with Gasteiger partial charge in [-0.15, -0.1) is 6.58 Å². The van der Waals surface area contributed by atoms with Gasteiger partial charge < -0.3 is 20.1 Å². The number of carbonyl (C=O) groups is 2. The number of hydrogen-bond acceptors (Lipinski definition) is 4. The highest BCUT2D eigenvalue weighted by Crippen LogP contribution is 2.25. The predicted octanol–water partition coefficient (Wildman–Crippen LogP) is 1.28. The van der Waals surface area contributed by atoms with Crippen molar-refractivity contribution < 1.29 is 29.4 Å². The second-order valence-electron chi connectivity index (χ2n) is 5.96. The fourth-order valence-electron chi connectivity index (χ4n) is 3.34. The van der Waals surface area contributed by atoms with Crippen LogP contribution >= 0.6 is 0 Å². The summed E-state index contributed by atoms with van der Waals surface area (Å²) in [6.45, 7) is 6.86. The molecule has 0 spiro atoms. The van der Waals surface area contributed by atoms with Crippen molar-refractivity contribution >= 4 is 11.9 Å². The lowest BCUT2D eigenvalue weighted by Crippen LogP contribution is -2.68. The molecular weight excluding hydrogens is 298 g/mol. The molecule has 0 fully saturated rings. The zero-order valence-electron chi connectivity index (χ0n) is 14.4. The first-order valence-corrected chi connectivity index (χ1v) is 8.43. The Morgan fingerprint density at radius 3 is 2.09 bits per heavy atom. The summed E-state index contributed by atoms with van der Waals surface area (Å²) in [6.07, 6.45) is 6.80. The number of hydrogen-bond donors (Lipinski definition) is 2. The quantitative estimate of drug-likeness (QED) is 0.216. The maximum absolute atomic E-state index is 11.6. The second-order valence-corrected chi connectivity index (χ2v) is 5.96. The van der Waals surface area contributed by atoms with E-state index in [9.17, 15) is 24.9 Å². The molecule has 0 heterocycles. The van der Waals surface area contributed by atoms with Crippen molar-refractivity contribution in [2.24, 2.45) is 0 Å². The summed E-state index contributed by atoms with van der Waals surface area (Å²) >= 11 is 0. The number of aliphatic carboxylic acids is 2. The van der Waals surface area contributed by atoms with Crippen molar-refractivity contribution in [2.45, 2.75) is 70.9 Å². The van der Waals surface area contributed by atoms with Crippen LogP contribution in [0.1, 0.15) is 58.8 Å². The molecular formula is C17H31NO5. The summed E-state index contributed by atoms with van der Waals surface area (Å²) in [5, 5.41) is 30.9. The molecule has 6 nitrogen and oxygen atoms in total. The Bertz CT molecular complexity index is 361. The summed E-state index contributed by atoms with van der Waals surface area (Å²) in [5.41, 5.74) is 0. The van der Waals surface area contributed by atoms with Gasteiger partial charge in [0.15, 0.2) is 12.8 Å². The van der Waals surface area contributed by atoms with E-state index >= 15 is 0 Å². The van der Waals surface area contributed by atoms with Gasteiger partial charge in [0.2, 0.25) is 0 Å². The normalized spacial score (nSPS) is 16.3.